The fraction of sp³-hybridized carbons (Fsp3) is 0.500. The number of nitrogens with zero attached hydrogens (tertiary/aromatic N) is 2. The maximum absolute atomic E-state index is 11.3. The summed E-state index contributed by atoms with van der Waals surface area (Å²) in [6.45, 7) is 3.68. The Bertz CT molecular complexity index is 412. The minimum atomic E-state index is -3.22. The van der Waals surface area contributed by atoms with Gasteiger partial charge in [-0.2, -0.15) is 0 Å². The normalized spacial score (nSPS) is 11.6. The Labute approximate surface area is 78.0 Å². The Morgan fingerprint density at radius 2 is 2.00 bits per heavy atom. The van der Waals surface area contributed by atoms with Gasteiger partial charge in [-0.05, 0) is 13.3 Å². The van der Waals surface area contributed by atoms with Gasteiger partial charge in [0.15, 0.2) is 14.9 Å². The van der Waals surface area contributed by atoms with E-state index in [2.05, 4.69) is 9.97 Å². The molecule has 1 aromatic heterocycles. The minimum Gasteiger partial charge on any atom is -0.241 e. The Kier molecular flexibility index (Phi) is 2.66. The SMILES string of the molecule is CCc1c(C)ncnc1S(C)(=O)=O. The summed E-state index contributed by atoms with van der Waals surface area (Å²) in [4.78, 5) is 7.73. The highest BCUT2D eigenvalue weighted by Crippen LogP contribution is 2.14. The van der Waals surface area contributed by atoms with Crippen molar-refractivity contribution in [2.45, 2.75) is 25.3 Å². The van der Waals surface area contributed by atoms with Gasteiger partial charge in [-0.3, -0.25) is 0 Å². The third-order valence-electron chi connectivity index (χ3n) is 1.83. The van der Waals surface area contributed by atoms with Gasteiger partial charge in [0.25, 0.3) is 0 Å². The molecule has 0 N–H and O–H groups in total. The van der Waals surface area contributed by atoms with Crippen LogP contribution in [0.25, 0.3) is 0 Å². The average molecular weight is 200 g/mol. The second-order valence-electron chi connectivity index (χ2n) is 2.87. The van der Waals surface area contributed by atoms with Crippen LogP contribution in [0.4, 0.5) is 0 Å². The van der Waals surface area contributed by atoms with E-state index >= 15 is 0 Å². The molecular formula is C8H12N2O2S. The van der Waals surface area contributed by atoms with E-state index in [4.69, 9.17) is 0 Å². The molecule has 0 aliphatic carbocycles. The van der Waals surface area contributed by atoms with E-state index in [1.54, 1.807) is 6.92 Å². The maximum atomic E-state index is 11.3. The van der Waals surface area contributed by atoms with Gasteiger partial charge in [0.2, 0.25) is 0 Å². The zero-order valence-corrected chi connectivity index (χ0v) is 8.72. The number of rotatable bonds is 2. The third kappa shape index (κ3) is 2.03. The molecule has 1 rings (SSSR count). The molecule has 0 fully saturated rings. The van der Waals surface area contributed by atoms with Crippen molar-refractivity contribution in [3.8, 4) is 0 Å². The van der Waals surface area contributed by atoms with Crippen molar-refractivity contribution in [2.24, 2.45) is 0 Å². The van der Waals surface area contributed by atoms with Gasteiger partial charge in [-0.15, -0.1) is 0 Å². The summed E-state index contributed by atoms with van der Waals surface area (Å²) in [7, 11) is -3.22. The van der Waals surface area contributed by atoms with Crippen molar-refractivity contribution < 1.29 is 8.42 Å². The van der Waals surface area contributed by atoms with Gasteiger partial charge in [0, 0.05) is 17.5 Å². The van der Waals surface area contributed by atoms with Crippen LogP contribution in [-0.2, 0) is 16.3 Å². The molecule has 0 unspecified atom stereocenters. The highest BCUT2D eigenvalue weighted by Gasteiger charge is 2.15. The molecule has 0 spiro atoms. The number of hydrogen-bond donors (Lipinski definition) is 0. The highest BCUT2D eigenvalue weighted by atomic mass is 32.2. The molecule has 0 aliphatic rings. The van der Waals surface area contributed by atoms with E-state index in [1.165, 1.54) is 6.33 Å². The second-order valence-corrected chi connectivity index (χ2v) is 4.80. The molecule has 1 aromatic rings. The van der Waals surface area contributed by atoms with Gasteiger partial charge in [0.1, 0.15) is 6.33 Å². The lowest BCUT2D eigenvalue weighted by atomic mass is 10.2. The molecular weight excluding hydrogens is 188 g/mol. The fourth-order valence-electron chi connectivity index (χ4n) is 1.21. The minimum absolute atomic E-state index is 0.155. The topological polar surface area (TPSA) is 59.9 Å². The lowest BCUT2D eigenvalue weighted by Gasteiger charge is -2.05. The quantitative estimate of drug-likeness (QED) is 0.661. The summed E-state index contributed by atoms with van der Waals surface area (Å²) in [5.74, 6) is 0. The summed E-state index contributed by atoms with van der Waals surface area (Å²) in [5.41, 5.74) is 1.45. The predicted octanol–water partition coefficient (Wildman–Crippen LogP) is 0.751. The van der Waals surface area contributed by atoms with Gasteiger partial charge in [0.05, 0.1) is 0 Å². The molecule has 0 bridgehead atoms. The lowest BCUT2D eigenvalue weighted by Crippen LogP contribution is -2.07. The van der Waals surface area contributed by atoms with Gasteiger partial charge in [-0.25, -0.2) is 18.4 Å². The predicted molar refractivity (Wildman–Crippen MR) is 49.3 cm³/mol. The Hall–Kier alpha value is -0.970. The van der Waals surface area contributed by atoms with Gasteiger partial charge in [-0.1, -0.05) is 6.92 Å². The molecule has 0 saturated carbocycles. The van der Waals surface area contributed by atoms with Crippen LogP contribution in [0, 0.1) is 6.92 Å². The van der Waals surface area contributed by atoms with Crippen molar-refractivity contribution >= 4 is 9.84 Å². The van der Waals surface area contributed by atoms with Crippen LogP contribution in [0.15, 0.2) is 11.4 Å². The lowest BCUT2D eigenvalue weighted by molar-refractivity contribution is 0.595. The van der Waals surface area contributed by atoms with E-state index in [1.807, 2.05) is 6.92 Å². The summed E-state index contributed by atoms with van der Waals surface area (Å²) < 4.78 is 22.5. The number of sulfone groups is 1. The summed E-state index contributed by atoms with van der Waals surface area (Å²) in [5, 5.41) is 0.155. The van der Waals surface area contributed by atoms with E-state index in [0.717, 1.165) is 11.9 Å². The summed E-state index contributed by atoms with van der Waals surface area (Å²) in [6, 6.07) is 0. The van der Waals surface area contributed by atoms with Crippen LogP contribution in [-0.4, -0.2) is 24.6 Å². The van der Waals surface area contributed by atoms with Crippen molar-refractivity contribution in [2.75, 3.05) is 6.26 Å². The van der Waals surface area contributed by atoms with Gasteiger partial charge >= 0.3 is 0 Å². The molecule has 1 heterocycles. The number of aromatic nitrogens is 2. The van der Waals surface area contributed by atoms with Crippen molar-refractivity contribution in [3.63, 3.8) is 0 Å². The molecule has 0 saturated heterocycles. The zero-order valence-electron chi connectivity index (χ0n) is 7.90. The Morgan fingerprint density at radius 3 is 2.38 bits per heavy atom. The van der Waals surface area contributed by atoms with E-state index < -0.39 is 9.84 Å². The number of hydrogen-bond acceptors (Lipinski definition) is 4. The Morgan fingerprint density at radius 1 is 1.38 bits per heavy atom. The average Bonchev–Trinajstić information content (AvgIpc) is 2.02. The molecule has 5 heteroatoms. The van der Waals surface area contributed by atoms with Crippen LogP contribution in [0.3, 0.4) is 0 Å². The molecule has 0 aromatic carbocycles. The molecule has 0 amide bonds. The largest absolute Gasteiger partial charge is 0.241 e. The molecule has 0 aliphatic heterocycles. The summed E-state index contributed by atoms with van der Waals surface area (Å²) in [6.07, 6.45) is 3.08. The van der Waals surface area contributed by atoms with Crippen LogP contribution < -0.4 is 0 Å². The van der Waals surface area contributed by atoms with Crippen LogP contribution in [0.1, 0.15) is 18.2 Å². The first-order valence-electron chi connectivity index (χ1n) is 3.97. The number of aryl methyl sites for hydroxylation is 1. The van der Waals surface area contributed by atoms with Crippen LogP contribution >= 0.6 is 0 Å². The Balaban J connectivity index is 3.47. The van der Waals surface area contributed by atoms with E-state index in [9.17, 15) is 8.42 Å². The van der Waals surface area contributed by atoms with E-state index in [0.29, 0.717) is 12.0 Å². The van der Waals surface area contributed by atoms with Gasteiger partial charge < -0.3 is 0 Å². The van der Waals surface area contributed by atoms with E-state index in [-0.39, 0.29) is 5.03 Å². The monoisotopic (exact) mass is 200 g/mol. The standard InChI is InChI=1S/C8H12N2O2S/c1-4-7-6(2)9-5-10-8(7)13(3,11)12/h5H,4H2,1-3H3. The molecule has 0 atom stereocenters. The van der Waals surface area contributed by atoms with Crippen LogP contribution in [0.5, 0.6) is 0 Å². The van der Waals surface area contributed by atoms with Crippen molar-refractivity contribution in [1.29, 1.82) is 0 Å². The fourth-order valence-corrected chi connectivity index (χ4v) is 2.18. The third-order valence-corrected chi connectivity index (χ3v) is 2.88. The highest BCUT2D eigenvalue weighted by molar-refractivity contribution is 7.90. The molecule has 72 valence electrons. The first-order chi connectivity index (χ1) is 5.96. The second kappa shape index (κ2) is 3.41. The zero-order chi connectivity index (χ0) is 10.1. The molecule has 13 heavy (non-hydrogen) atoms. The molecule has 4 nitrogen and oxygen atoms in total. The first kappa shape index (κ1) is 10.1. The van der Waals surface area contributed by atoms with Crippen molar-refractivity contribution in [1.82, 2.24) is 9.97 Å². The molecule has 0 radical (unpaired) electrons. The summed E-state index contributed by atoms with van der Waals surface area (Å²) >= 11 is 0. The first-order valence-corrected chi connectivity index (χ1v) is 5.86. The maximum Gasteiger partial charge on any atom is 0.193 e. The van der Waals surface area contributed by atoms with Crippen molar-refractivity contribution in [3.05, 3.63) is 17.6 Å². The van der Waals surface area contributed by atoms with Crippen LogP contribution in [0.2, 0.25) is 0 Å². The smallest absolute Gasteiger partial charge is 0.193 e.